The Morgan fingerprint density at radius 3 is 2.23 bits per heavy atom. The molecule has 0 rings (SSSR count). The lowest BCUT2D eigenvalue weighted by molar-refractivity contribution is -0.122. The number of ketones is 2. The lowest BCUT2D eigenvalue weighted by Crippen LogP contribution is -2.04. The summed E-state index contributed by atoms with van der Waals surface area (Å²) < 4.78 is 0. The zero-order chi connectivity index (χ0) is 10.3. The Balaban J connectivity index is 3.77. The van der Waals surface area contributed by atoms with Crippen molar-refractivity contribution < 1.29 is 9.59 Å². The van der Waals surface area contributed by atoms with Gasteiger partial charge in [-0.2, -0.15) is 0 Å². The van der Waals surface area contributed by atoms with Gasteiger partial charge in [0, 0.05) is 19.3 Å². The first-order valence-electron chi connectivity index (χ1n) is 4.79. The largest absolute Gasteiger partial charge is 0.300 e. The maximum absolute atomic E-state index is 11.3. The van der Waals surface area contributed by atoms with Gasteiger partial charge in [0.2, 0.25) is 0 Å². The quantitative estimate of drug-likeness (QED) is 0.592. The van der Waals surface area contributed by atoms with E-state index in [4.69, 9.17) is 0 Å². The van der Waals surface area contributed by atoms with Crippen LogP contribution < -0.4 is 0 Å². The fourth-order valence-electron chi connectivity index (χ4n) is 1.01. The van der Waals surface area contributed by atoms with Gasteiger partial charge in [-0.25, -0.2) is 0 Å². The van der Waals surface area contributed by atoms with Crippen LogP contribution in [0.25, 0.3) is 0 Å². The van der Waals surface area contributed by atoms with E-state index in [1.54, 1.807) is 13.0 Å². The summed E-state index contributed by atoms with van der Waals surface area (Å²) in [5, 5.41) is 0. The third kappa shape index (κ3) is 5.34. The van der Waals surface area contributed by atoms with E-state index >= 15 is 0 Å². The van der Waals surface area contributed by atoms with Gasteiger partial charge in [-0.05, 0) is 25.8 Å². The van der Waals surface area contributed by atoms with Crippen molar-refractivity contribution in [3.05, 3.63) is 11.6 Å². The monoisotopic (exact) mass is 182 g/mol. The van der Waals surface area contributed by atoms with Gasteiger partial charge in [0.1, 0.15) is 5.78 Å². The Morgan fingerprint density at radius 2 is 1.77 bits per heavy atom. The molecule has 0 aliphatic rings. The van der Waals surface area contributed by atoms with Gasteiger partial charge >= 0.3 is 0 Å². The van der Waals surface area contributed by atoms with Crippen molar-refractivity contribution in [3.63, 3.8) is 0 Å². The highest BCUT2D eigenvalue weighted by molar-refractivity contribution is 5.96. The van der Waals surface area contributed by atoms with Crippen LogP contribution in [0.4, 0.5) is 0 Å². The predicted molar refractivity (Wildman–Crippen MR) is 53.6 cm³/mol. The molecule has 0 amide bonds. The van der Waals surface area contributed by atoms with Crippen LogP contribution in [-0.2, 0) is 9.59 Å². The van der Waals surface area contributed by atoms with Crippen LogP contribution >= 0.6 is 0 Å². The normalized spacial score (nSPS) is 11.5. The van der Waals surface area contributed by atoms with Crippen LogP contribution in [0.5, 0.6) is 0 Å². The van der Waals surface area contributed by atoms with Gasteiger partial charge < -0.3 is 0 Å². The summed E-state index contributed by atoms with van der Waals surface area (Å²) in [7, 11) is 0. The molecule has 0 fully saturated rings. The highest BCUT2D eigenvalue weighted by Crippen LogP contribution is 2.04. The van der Waals surface area contributed by atoms with E-state index in [1.165, 1.54) is 0 Å². The van der Waals surface area contributed by atoms with E-state index in [2.05, 4.69) is 0 Å². The fraction of sp³-hybridized carbons (Fsp3) is 0.636. The van der Waals surface area contributed by atoms with Gasteiger partial charge in [-0.1, -0.05) is 13.0 Å². The third-order valence-electron chi connectivity index (χ3n) is 2.03. The van der Waals surface area contributed by atoms with Gasteiger partial charge in [0.15, 0.2) is 5.78 Å². The lowest BCUT2D eigenvalue weighted by Gasteiger charge is -1.99. The van der Waals surface area contributed by atoms with Crippen molar-refractivity contribution in [2.24, 2.45) is 0 Å². The average molecular weight is 182 g/mol. The lowest BCUT2D eigenvalue weighted by atomic mass is 10.0. The van der Waals surface area contributed by atoms with E-state index in [9.17, 15) is 9.59 Å². The number of Topliss-reactive ketones (excluding diaryl/α,β-unsaturated/α-hetero) is 2. The van der Waals surface area contributed by atoms with Gasteiger partial charge in [-0.15, -0.1) is 0 Å². The minimum Gasteiger partial charge on any atom is -0.300 e. The Labute approximate surface area is 80.0 Å². The molecule has 2 nitrogen and oxygen atoms in total. The summed E-state index contributed by atoms with van der Waals surface area (Å²) in [5.74, 6) is 0.284. The summed E-state index contributed by atoms with van der Waals surface area (Å²) in [4.78, 5) is 22.3. The number of carbonyl (C=O) groups is 2. The molecule has 0 saturated carbocycles. The number of carbonyl (C=O) groups excluding carboxylic acids is 2. The SMILES string of the molecule is C/C=C(\C)C(=O)CCC(=O)CCC. The van der Waals surface area contributed by atoms with Crippen molar-refractivity contribution in [2.45, 2.75) is 46.5 Å². The molecule has 0 aromatic rings. The molecular weight excluding hydrogens is 164 g/mol. The van der Waals surface area contributed by atoms with Crippen molar-refractivity contribution >= 4 is 11.6 Å². The molecule has 0 aliphatic carbocycles. The second-order valence-electron chi connectivity index (χ2n) is 3.18. The van der Waals surface area contributed by atoms with Crippen LogP contribution in [0, 0.1) is 0 Å². The molecule has 0 bridgehead atoms. The van der Waals surface area contributed by atoms with Crippen LogP contribution in [0.1, 0.15) is 46.5 Å². The number of rotatable bonds is 6. The second-order valence-corrected chi connectivity index (χ2v) is 3.18. The summed E-state index contributed by atoms with van der Waals surface area (Å²) in [6.45, 7) is 5.59. The Kier molecular flexibility index (Phi) is 6.11. The van der Waals surface area contributed by atoms with Crippen LogP contribution in [0.3, 0.4) is 0 Å². The molecule has 0 saturated heterocycles. The molecule has 0 radical (unpaired) electrons. The molecule has 0 aliphatic heterocycles. The zero-order valence-electron chi connectivity index (χ0n) is 8.72. The highest BCUT2D eigenvalue weighted by atomic mass is 16.1. The smallest absolute Gasteiger partial charge is 0.158 e. The van der Waals surface area contributed by atoms with Crippen molar-refractivity contribution in [1.82, 2.24) is 0 Å². The molecule has 0 atom stereocenters. The number of hydrogen-bond acceptors (Lipinski definition) is 2. The molecule has 0 spiro atoms. The minimum absolute atomic E-state index is 0.0898. The number of allylic oxidation sites excluding steroid dienone is 2. The second kappa shape index (κ2) is 6.58. The molecular formula is C11H18O2. The van der Waals surface area contributed by atoms with Crippen LogP contribution in [-0.4, -0.2) is 11.6 Å². The molecule has 13 heavy (non-hydrogen) atoms. The first kappa shape index (κ1) is 12.1. The van der Waals surface area contributed by atoms with Gasteiger partial charge in [0.25, 0.3) is 0 Å². The maximum atomic E-state index is 11.3. The zero-order valence-corrected chi connectivity index (χ0v) is 8.72. The predicted octanol–water partition coefficient (Wildman–Crippen LogP) is 2.67. The van der Waals surface area contributed by atoms with Crippen molar-refractivity contribution in [3.8, 4) is 0 Å². The van der Waals surface area contributed by atoms with E-state index < -0.39 is 0 Å². The Hall–Kier alpha value is -0.920. The van der Waals surface area contributed by atoms with E-state index in [-0.39, 0.29) is 11.6 Å². The first-order valence-corrected chi connectivity index (χ1v) is 4.79. The topological polar surface area (TPSA) is 34.1 Å². The standard InChI is InChI=1S/C11H18O2/c1-4-6-10(12)7-8-11(13)9(3)5-2/h5H,4,6-8H2,1-3H3/b9-5+. The highest BCUT2D eigenvalue weighted by Gasteiger charge is 2.06. The van der Waals surface area contributed by atoms with E-state index in [0.29, 0.717) is 19.3 Å². The molecule has 0 heterocycles. The molecule has 2 heteroatoms. The Bertz CT molecular complexity index is 214. The molecule has 0 unspecified atom stereocenters. The summed E-state index contributed by atoms with van der Waals surface area (Å²) in [5.41, 5.74) is 0.754. The van der Waals surface area contributed by atoms with Gasteiger partial charge in [-0.3, -0.25) is 9.59 Å². The van der Waals surface area contributed by atoms with Gasteiger partial charge in [0.05, 0.1) is 0 Å². The number of hydrogen-bond donors (Lipinski definition) is 0. The summed E-state index contributed by atoms with van der Waals surface area (Å²) in [6.07, 6.45) is 4.03. The molecule has 0 N–H and O–H groups in total. The van der Waals surface area contributed by atoms with E-state index in [1.807, 2.05) is 13.8 Å². The average Bonchev–Trinajstić information content (AvgIpc) is 2.13. The molecule has 0 aromatic carbocycles. The maximum Gasteiger partial charge on any atom is 0.158 e. The Morgan fingerprint density at radius 1 is 1.15 bits per heavy atom. The minimum atomic E-state index is 0.0898. The summed E-state index contributed by atoms with van der Waals surface area (Å²) in [6, 6.07) is 0. The third-order valence-corrected chi connectivity index (χ3v) is 2.03. The summed E-state index contributed by atoms with van der Waals surface area (Å²) >= 11 is 0. The first-order chi connectivity index (χ1) is 6.11. The van der Waals surface area contributed by atoms with Crippen LogP contribution in [0.2, 0.25) is 0 Å². The van der Waals surface area contributed by atoms with Crippen molar-refractivity contribution in [1.29, 1.82) is 0 Å². The fourth-order valence-corrected chi connectivity index (χ4v) is 1.01. The molecule has 74 valence electrons. The molecule has 0 aromatic heterocycles. The van der Waals surface area contributed by atoms with Crippen molar-refractivity contribution in [2.75, 3.05) is 0 Å². The van der Waals surface area contributed by atoms with Crippen LogP contribution in [0.15, 0.2) is 11.6 Å². The van der Waals surface area contributed by atoms with E-state index in [0.717, 1.165) is 12.0 Å².